The maximum Gasteiger partial charge on any atom is 0.352 e. The number of aryl methyl sites for hydroxylation is 2. The topological polar surface area (TPSA) is 86.0 Å². The van der Waals surface area contributed by atoms with Crippen molar-refractivity contribution < 1.29 is 4.79 Å². The average Bonchev–Trinajstić information content (AvgIpc) is 2.82. The van der Waals surface area contributed by atoms with Gasteiger partial charge in [-0.2, -0.15) is 9.78 Å². The van der Waals surface area contributed by atoms with E-state index in [1.54, 1.807) is 12.1 Å². The second-order valence-corrected chi connectivity index (χ2v) is 8.37. The first-order chi connectivity index (χ1) is 16.3. The smallest absolute Gasteiger partial charge is 0.344 e. The highest BCUT2D eigenvalue weighted by atomic mass is 16.2. The van der Waals surface area contributed by atoms with Gasteiger partial charge in [-0.25, -0.2) is 4.79 Å². The Balaban J connectivity index is 1.83. The summed E-state index contributed by atoms with van der Waals surface area (Å²) in [4.78, 5) is 39.8. The van der Waals surface area contributed by atoms with Crippen LogP contribution >= 0.6 is 0 Å². The lowest BCUT2D eigenvalue weighted by atomic mass is 10.1. The van der Waals surface area contributed by atoms with Crippen LogP contribution in [0.1, 0.15) is 45.7 Å². The van der Waals surface area contributed by atoms with Gasteiger partial charge in [0.25, 0.3) is 11.5 Å². The zero-order chi connectivity index (χ0) is 24.2. The Hall–Kier alpha value is -4.26. The van der Waals surface area contributed by atoms with Gasteiger partial charge in [-0.1, -0.05) is 66.7 Å². The van der Waals surface area contributed by atoms with E-state index in [1.165, 1.54) is 0 Å². The number of nitrogens with zero attached hydrogens (tertiary/aromatic N) is 3. The molecule has 3 aromatic carbocycles. The zero-order valence-corrected chi connectivity index (χ0v) is 19.4. The van der Waals surface area contributed by atoms with Gasteiger partial charge in [0.2, 0.25) is 5.69 Å². The molecule has 4 rings (SSSR count). The summed E-state index contributed by atoms with van der Waals surface area (Å²) >= 11 is 0. The van der Waals surface area contributed by atoms with Crippen molar-refractivity contribution in [2.45, 2.75) is 33.4 Å². The molecule has 0 radical (unpaired) electrons. The molecule has 1 heterocycles. The Morgan fingerprint density at radius 2 is 1.50 bits per heavy atom. The van der Waals surface area contributed by atoms with Crippen LogP contribution in [0, 0.1) is 13.8 Å². The first kappa shape index (κ1) is 22.9. The fraction of sp³-hybridized carbons (Fsp3) is 0.185. The molecule has 0 fully saturated rings. The normalized spacial score (nSPS) is 11.7. The molecule has 0 saturated carbocycles. The number of rotatable bonds is 6. The summed E-state index contributed by atoms with van der Waals surface area (Å²) in [6.07, 6.45) is 0. The monoisotopic (exact) mass is 454 g/mol. The lowest BCUT2D eigenvalue weighted by Crippen LogP contribution is -2.46. The minimum absolute atomic E-state index is 0.0281. The lowest BCUT2D eigenvalue weighted by molar-refractivity contribution is 0.0930. The van der Waals surface area contributed by atoms with Gasteiger partial charge in [-0.3, -0.25) is 14.2 Å². The highest BCUT2D eigenvalue weighted by molar-refractivity contribution is 5.92. The van der Waals surface area contributed by atoms with E-state index in [9.17, 15) is 14.4 Å². The van der Waals surface area contributed by atoms with Crippen LogP contribution in [0.25, 0.3) is 5.69 Å². The minimum Gasteiger partial charge on any atom is -0.344 e. The average molecular weight is 455 g/mol. The molecule has 0 aliphatic rings. The van der Waals surface area contributed by atoms with Crippen molar-refractivity contribution in [2.75, 3.05) is 0 Å². The Morgan fingerprint density at radius 1 is 0.912 bits per heavy atom. The third-order valence-electron chi connectivity index (χ3n) is 5.56. The third kappa shape index (κ3) is 4.88. The van der Waals surface area contributed by atoms with E-state index in [1.807, 2.05) is 87.5 Å². The van der Waals surface area contributed by atoms with Crippen molar-refractivity contribution >= 4 is 5.91 Å². The lowest BCUT2D eigenvalue weighted by Gasteiger charge is -2.16. The molecule has 1 aromatic heterocycles. The Kier molecular flexibility index (Phi) is 6.54. The van der Waals surface area contributed by atoms with Gasteiger partial charge in [0.05, 0.1) is 18.3 Å². The van der Waals surface area contributed by atoms with Crippen molar-refractivity contribution in [2.24, 2.45) is 0 Å². The molecule has 4 aromatic rings. The van der Waals surface area contributed by atoms with Gasteiger partial charge in [-0.15, -0.1) is 0 Å². The first-order valence-electron chi connectivity index (χ1n) is 11.1. The van der Waals surface area contributed by atoms with Crippen molar-refractivity contribution in [3.05, 3.63) is 128 Å². The zero-order valence-electron chi connectivity index (χ0n) is 19.4. The quantitative estimate of drug-likeness (QED) is 0.483. The molecule has 1 unspecified atom stereocenters. The summed E-state index contributed by atoms with van der Waals surface area (Å²) in [5, 5.41) is 7.07. The van der Waals surface area contributed by atoms with Crippen LogP contribution in [0.2, 0.25) is 0 Å². The number of benzene rings is 3. The molecule has 7 nitrogen and oxygen atoms in total. The number of carbonyl (C=O) groups is 1. The molecule has 34 heavy (non-hydrogen) atoms. The van der Waals surface area contributed by atoms with Gasteiger partial charge in [0, 0.05) is 0 Å². The van der Waals surface area contributed by atoms with Crippen LogP contribution in [0.3, 0.4) is 0 Å². The number of hydrogen-bond donors (Lipinski definition) is 1. The molecule has 1 atom stereocenters. The van der Waals surface area contributed by atoms with E-state index in [-0.39, 0.29) is 18.3 Å². The molecule has 1 N–H and O–H groups in total. The van der Waals surface area contributed by atoms with Crippen molar-refractivity contribution in [3.63, 3.8) is 0 Å². The van der Waals surface area contributed by atoms with E-state index < -0.39 is 17.2 Å². The maximum absolute atomic E-state index is 13.4. The van der Waals surface area contributed by atoms with E-state index in [4.69, 9.17) is 0 Å². The fourth-order valence-electron chi connectivity index (χ4n) is 3.89. The number of carbonyl (C=O) groups excluding carboxylic acids is 1. The predicted molar refractivity (Wildman–Crippen MR) is 131 cm³/mol. The van der Waals surface area contributed by atoms with Gasteiger partial charge in [-0.05, 0) is 55.2 Å². The van der Waals surface area contributed by atoms with Crippen LogP contribution in [0.15, 0.2) is 88.5 Å². The van der Waals surface area contributed by atoms with E-state index in [0.29, 0.717) is 5.69 Å². The summed E-state index contributed by atoms with van der Waals surface area (Å²) < 4.78 is 2.19. The highest BCUT2D eigenvalue weighted by Gasteiger charge is 2.22. The van der Waals surface area contributed by atoms with Crippen LogP contribution in [-0.4, -0.2) is 20.3 Å². The van der Waals surface area contributed by atoms with E-state index in [0.717, 1.165) is 31.5 Å². The first-order valence-corrected chi connectivity index (χ1v) is 11.1. The van der Waals surface area contributed by atoms with Crippen LogP contribution in [0.4, 0.5) is 0 Å². The third-order valence-corrected chi connectivity index (χ3v) is 5.56. The summed E-state index contributed by atoms with van der Waals surface area (Å²) in [6.45, 7) is 5.68. The number of aromatic nitrogens is 3. The van der Waals surface area contributed by atoms with Crippen molar-refractivity contribution in [3.8, 4) is 5.69 Å². The van der Waals surface area contributed by atoms with Crippen LogP contribution < -0.4 is 16.6 Å². The standard InChI is InChI=1S/C27H26N4O3/c1-18-14-19(2)16-23(15-18)31-27(34)30(17-21-10-6-4-7-11-21)26(33)24(29-31)25(32)28-20(3)22-12-8-5-9-13-22/h4-16,20H,17H2,1-3H3,(H,28,32). The molecule has 0 bridgehead atoms. The number of nitrogens with one attached hydrogen (secondary N) is 1. The fourth-order valence-corrected chi connectivity index (χ4v) is 3.89. The molecule has 7 heteroatoms. The van der Waals surface area contributed by atoms with Gasteiger partial charge in [0.15, 0.2) is 0 Å². The number of hydrogen-bond acceptors (Lipinski definition) is 4. The second kappa shape index (κ2) is 9.70. The van der Waals surface area contributed by atoms with Gasteiger partial charge in [0.1, 0.15) is 0 Å². The Labute approximate surface area is 197 Å². The highest BCUT2D eigenvalue weighted by Crippen LogP contribution is 2.13. The number of amides is 1. The minimum atomic E-state index is -0.729. The van der Waals surface area contributed by atoms with Gasteiger partial charge >= 0.3 is 5.69 Å². The second-order valence-electron chi connectivity index (χ2n) is 8.37. The summed E-state index contributed by atoms with van der Waals surface area (Å²) in [5.41, 5.74) is 2.36. The molecule has 0 aliphatic carbocycles. The molecule has 0 saturated heterocycles. The van der Waals surface area contributed by atoms with E-state index >= 15 is 0 Å². The van der Waals surface area contributed by atoms with Crippen molar-refractivity contribution in [1.29, 1.82) is 0 Å². The Bertz CT molecular complexity index is 1420. The largest absolute Gasteiger partial charge is 0.352 e. The van der Waals surface area contributed by atoms with E-state index in [2.05, 4.69) is 10.4 Å². The van der Waals surface area contributed by atoms with Crippen LogP contribution in [-0.2, 0) is 6.54 Å². The molecule has 0 aliphatic heterocycles. The predicted octanol–water partition coefficient (Wildman–Crippen LogP) is 3.55. The van der Waals surface area contributed by atoms with Crippen molar-refractivity contribution in [1.82, 2.24) is 19.7 Å². The van der Waals surface area contributed by atoms with Crippen LogP contribution in [0.5, 0.6) is 0 Å². The molecular weight excluding hydrogens is 428 g/mol. The van der Waals surface area contributed by atoms with Gasteiger partial charge < -0.3 is 5.32 Å². The summed E-state index contributed by atoms with van der Waals surface area (Å²) in [7, 11) is 0. The molecule has 0 spiro atoms. The maximum atomic E-state index is 13.4. The SMILES string of the molecule is Cc1cc(C)cc(-n2nc(C(=O)NC(C)c3ccccc3)c(=O)n(Cc3ccccc3)c2=O)c1. The summed E-state index contributed by atoms with van der Waals surface area (Å²) in [6, 6.07) is 23.8. The molecule has 172 valence electrons. The summed E-state index contributed by atoms with van der Waals surface area (Å²) in [5.74, 6) is -0.638. The Morgan fingerprint density at radius 3 is 2.12 bits per heavy atom. The molecule has 1 amide bonds. The molecular formula is C27H26N4O3.